The molecule has 0 saturated carbocycles. The van der Waals surface area contributed by atoms with Gasteiger partial charge in [-0.1, -0.05) is 18.2 Å². The number of rotatable bonds is 7. The standard InChI is InChI=1S/C22H20INO6S/c1-13(21(26)29-3)24-20(25)19(31-22(24)27)11-15-6-9-17(18(10-15)28-2)30-12-14-4-7-16(23)8-5-14/h4-11,13H,12H2,1-3H3/b19-11+/t13-/m0/s1. The normalized spacial score (nSPS) is 15.9. The average molecular weight is 553 g/mol. The number of halogens is 1. The minimum absolute atomic E-state index is 0.218. The smallest absolute Gasteiger partial charge is 0.328 e. The molecule has 1 fully saturated rings. The van der Waals surface area contributed by atoms with Gasteiger partial charge in [0, 0.05) is 3.57 Å². The third-order valence-corrected chi connectivity index (χ3v) is 6.15. The van der Waals surface area contributed by atoms with E-state index in [1.54, 1.807) is 24.3 Å². The van der Waals surface area contributed by atoms with Gasteiger partial charge in [-0.25, -0.2) is 4.79 Å². The minimum atomic E-state index is -0.991. The number of carbonyl (C=O) groups excluding carboxylic acids is 3. The molecule has 0 bridgehead atoms. The SMILES string of the molecule is COC(=O)[C@H](C)N1C(=O)S/C(=C/c2ccc(OCc3ccc(I)cc3)c(OC)c2)C1=O. The molecule has 0 N–H and O–H groups in total. The van der Waals surface area contributed by atoms with Crippen LogP contribution in [0, 0.1) is 3.57 Å². The lowest BCUT2D eigenvalue weighted by Gasteiger charge is -2.18. The number of methoxy groups -OCH3 is 2. The first-order chi connectivity index (χ1) is 14.8. The third-order valence-electron chi connectivity index (χ3n) is 4.55. The molecular formula is C22H20INO6S. The lowest BCUT2D eigenvalue weighted by atomic mass is 10.1. The van der Waals surface area contributed by atoms with E-state index in [2.05, 4.69) is 27.3 Å². The number of amides is 2. The highest BCUT2D eigenvalue weighted by molar-refractivity contribution is 14.1. The van der Waals surface area contributed by atoms with Crippen molar-refractivity contribution in [1.82, 2.24) is 4.90 Å². The topological polar surface area (TPSA) is 82.1 Å². The predicted molar refractivity (Wildman–Crippen MR) is 126 cm³/mol. The van der Waals surface area contributed by atoms with Crippen LogP contribution in [0.1, 0.15) is 18.1 Å². The fourth-order valence-corrected chi connectivity index (χ4v) is 4.14. The van der Waals surface area contributed by atoms with Gasteiger partial charge in [0.1, 0.15) is 12.6 Å². The van der Waals surface area contributed by atoms with Crippen LogP contribution in [0.15, 0.2) is 47.4 Å². The summed E-state index contributed by atoms with van der Waals surface area (Å²) >= 11 is 3.02. The number of esters is 1. The zero-order valence-corrected chi connectivity index (χ0v) is 20.1. The van der Waals surface area contributed by atoms with Gasteiger partial charge in [0.05, 0.1) is 19.1 Å². The van der Waals surface area contributed by atoms with E-state index in [0.29, 0.717) is 23.7 Å². The Kier molecular flexibility index (Phi) is 7.60. The molecule has 162 valence electrons. The highest BCUT2D eigenvalue weighted by atomic mass is 127. The molecule has 2 aromatic carbocycles. The molecule has 1 aliphatic rings. The summed E-state index contributed by atoms with van der Waals surface area (Å²) in [5, 5.41) is -0.515. The van der Waals surface area contributed by atoms with Gasteiger partial charge in [0.15, 0.2) is 11.5 Å². The number of ether oxygens (including phenoxy) is 3. The van der Waals surface area contributed by atoms with Crippen molar-refractivity contribution in [3.05, 3.63) is 62.1 Å². The number of carbonyl (C=O) groups is 3. The number of imide groups is 1. The first-order valence-corrected chi connectivity index (χ1v) is 11.1. The number of hydrogen-bond donors (Lipinski definition) is 0. The van der Waals surface area contributed by atoms with Gasteiger partial charge in [-0.3, -0.25) is 14.5 Å². The zero-order valence-electron chi connectivity index (χ0n) is 17.1. The van der Waals surface area contributed by atoms with Gasteiger partial charge in [0.25, 0.3) is 11.1 Å². The molecule has 0 aromatic heterocycles. The van der Waals surface area contributed by atoms with Gasteiger partial charge < -0.3 is 14.2 Å². The molecule has 1 saturated heterocycles. The van der Waals surface area contributed by atoms with Gasteiger partial charge >= 0.3 is 5.97 Å². The molecule has 1 heterocycles. The fraction of sp³-hybridized carbons (Fsp3) is 0.227. The van der Waals surface area contributed by atoms with Crippen molar-refractivity contribution >= 4 is 57.5 Å². The van der Waals surface area contributed by atoms with E-state index in [1.165, 1.54) is 21.1 Å². The Morgan fingerprint density at radius 3 is 2.48 bits per heavy atom. The molecule has 0 aliphatic carbocycles. The molecule has 0 radical (unpaired) electrons. The second-order valence-corrected chi connectivity index (χ2v) is 8.82. The van der Waals surface area contributed by atoms with E-state index < -0.39 is 23.2 Å². The Balaban J connectivity index is 1.76. The van der Waals surface area contributed by atoms with Crippen molar-refractivity contribution < 1.29 is 28.6 Å². The first-order valence-electron chi connectivity index (χ1n) is 9.24. The lowest BCUT2D eigenvalue weighted by molar-refractivity contribution is -0.148. The Morgan fingerprint density at radius 2 is 1.84 bits per heavy atom. The second kappa shape index (κ2) is 10.2. The predicted octanol–water partition coefficient (Wildman–Crippen LogP) is 4.48. The van der Waals surface area contributed by atoms with Crippen LogP contribution in [0.3, 0.4) is 0 Å². The Hall–Kier alpha value is -2.53. The highest BCUT2D eigenvalue weighted by Crippen LogP contribution is 2.35. The van der Waals surface area contributed by atoms with Crippen LogP contribution in [0.2, 0.25) is 0 Å². The fourth-order valence-electron chi connectivity index (χ4n) is 2.88. The van der Waals surface area contributed by atoms with E-state index in [0.717, 1.165) is 25.8 Å². The van der Waals surface area contributed by atoms with Gasteiger partial charge in [-0.15, -0.1) is 0 Å². The van der Waals surface area contributed by atoms with Crippen LogP contribution < -0.4 is 9.47 Å². The Bertz CT molecular complexity index is 1040. The Morgan fingerprint density at radius 1 is 1.13 bits per heavy atom. The lowest BCUT2D eigenvalue weighted by Crippen LogP contribution is -2.42. The number of thioether (sulfide) groups is 1. The van der Waals surface area contributed by atoms with Crippen LogP contribution in [0.25, 0.3) is 6.08 Å². The van der Waals surface area contributed by atoms with E-state index in [4.69, 9.17) is 9.47 Å². The van der Waals surface area contributed by atoms with E-state index >= 15 is 0 Å². The summed E-state index contributed by atoms with van der Waals surface area (Å²) in [7, 11) is 2.74. The molecule has 2 amide bonds. The third kappa shape index (κ3) is 5.40. The summed E-state index contributed by atoms with van der Waals surface area (Å²) in [5.41, 5.74) is 1.69. The van der Waals surface area contributed by atoms with Gasteiger partial charge in [-0.05, 0) is 82.7 Å². The number of nitrogens with zero attached hydrogens (tertiary/aromatic N) is 1. The molecule has 2 aromatic rings. The van der Waals surface area contributed by atoms with Crippen molar-refractivity contribution in [2.45, 2.75) is 19.6 Å². The minimum Gasteiger partial charge on any atom is -0.493 e. The maximum atomic E-state index is 12.6. The van der Waals surface area contributed by atoms with Crippen molar-refractivity contribution in [3.8, 4) is 11.5 Å². The van der Waals surface area contributed by atoms with Crippen molar-refractivity contribution in [1.29, 1.82) is 0 Å². The monoisotopic (exact) mass is 553 g/mol. The molecular weight excluding hydrogens is 533 g/mol. The molecule has 0 spiro atoms. The largest absolute Gasteiger partial charge is 0.493 e. The number of benzene rings is 2. The Labute approximate surface area is 197 Å². The van der Waals surface area contributed by atoms with Crippen molar-refractivity contribution in [2.24, 2.45) is 0 Å². The molecule has 1 aliphatic heterocycles. The summed E-state index contributed by atoms with van der Waals surface area (Å²) in [6.07, 6.45) is 1.58. The summed E-state index contributed by atoms with van der Waals surface area (Å²) in [6, 6.07) is 12.3. The molecule has 3 rings (SSSR count). The van der Waals surface area contributed by atoms with Crippen molar-refractivity contribution in [3.63, 3.8) is 0 Å². The van der Waals surface area contributed by atoms with Crippen LogP contribution in [-0.4, -0.2) is 42.3 Å². The van der Waals surface area contributed by atoms with E-state index in [9.17, 15) is 14.4 Å². The summed E-state index contributed by atoms with van der Waals surface area (Å²) in [4.78, 5) is 37.7. The van der Waals surface area contributed by atoms with Crippen molar-refractivity contribution in [2.75, 3.05) is 14.2 Å². The molecule has 0 unspecified atom stereocenters. The zero-order chi connectivity index (χ0) is 22.5. The van der Waals surface area contributed by atoms with Crippen LogP contribution in [-0.2, 0) is 20.9 Å². The molecule has 9 heteroatoms. The van der Waals surface area contributed by atoms with Gasteiger partial charge in [0.2, 0.25) is 0 Å². The molecule has 31 heavy (non-hydrogen) atoms. The van der Waals surface area contributed by atoms with Crippen LogP contribution in [0.4, 0.5) is 4.79 Å². The second-order valence-electron chi connectivity index (χ2n) is 6.58. The molecule has 1 atom stereocenters. The van der Waals surface area contributed by atoms with E-state index in [1.807, 2.05) is 24.3 Å². The highest BCUT2D eigenvalue weighted by Gasteiger charge is 2.41. The maximum Gasteiger partial charge on any atom is 0.328 e. The van der Waals surface area contributed by atoms with Gasteiger partial charge in [-0.2, -0.15) is 0 Å². The van der Waals surface area contributed by atoms with Crippen LogP contribution >= 0.6 is 34.4 Å². The number of hydrogen-bond acceptors (Lipinski definition) is 7. The first kappa shape index (κ1) is 23.1. The van der Waals surface area contributed by atoms with E-state index in [-0.39, 0.29) is 4.91 Å². The summed E-state index contributed by atoms with van der Waals surface area (Å²) < 4.78 is 17.1. The quantitative estimate of drug-likeness (QED) is 0.284. The molecule has 7 nitrogen and oxygen atoms in total. The van der Waals surface area contributed by atoms with Crippen LogP contribution in [0.5, 0.6) is 11.5 Å². The average Bonchev–Trinajstić information content (AvgIpc) is 3.05. The maximum absolute atomic E-state index is 12.6. The summed E-state index contributed by atoms with van der Waals surface area (Å²) in [6.45, 7) is 1.84. The summed E-state index contributed by atoms with van der Waals surface area (Å²) in [5.74, 6) is -0.127.